The molecule has 1 radical (unpaired) electrons. The predicted molar refractivity (Wildman–Crippen MR) is 22.5 cm³/mol. The lowest BCUT2D eigenvalue weighted by atomic mass is 10.3. The van der Waals surface area contributed by atoms with E-state index in [9.17, 15) is 14.7 Å². The van der Waals surface area contributed by atoms with Crippen LogP contribution in [0.5, 0.6) is 0 Å². The molecular weight excluding hydrogens is 112 g/mol. The van der Waals surface area contributed by atoms with E-state index in [1.54, 1.807) is 0 Å². The van der Waals surface area contributed by atoms with Gasteiger partial charge in [0.25, 0.3) is 0 Å². The molecule has 0 aliphatic rings. The van der Waals surface area contributed by atoms with Crippen molar-refractivity contribution < 1.29 is 19.8 Å². The quantitative estimate of drug-likeness (QED) is 0.302. The Bertz CT molecular complexity index is 130. The second-order valence-electron chi connectivity index (χ2n) is 1.07. The molecule has 0 aliphatic heterocycles. The summed E-state index contributed by atoms with van der Waals surface area (Å²) in [7, 11) is 0. The van der Waals surface area contributed by atoms with Gasteiger partial charge in [0.15, 0.2) is 0 Å². The van der Waals surface area contributed by atoms with E-state index in [1.807, 2.05) is 0 Å². The standard InChI is InChI=1S/C4H3O4/c1-2(3(5)6)4(7)8/h1H2,(H,5,6). The highest BCUT2D eigenvalue weighted by Gasteiger charge is 2.13. The summed E-state index contributed by atoms with van der Waals surface area (Å²) in [6.45, 7) is 2.69. The van der Waals surface area contributed by atoms with Crippen molar-refractivity contribution >= 4 is 11.9 Å². The number of carboxylic acid groups (broad SMARTS) is 1. The van der Waals surface area contributed by atoms with Crippen molar-refractivity contribution in [1.82, 2.24) is 0 Å². The molecule has 0 saturated carbocycles. The molecule has 0 aromatic rings. The number of aliphatic carboxylic acids is 1. The van der Waals surface area contributed by atoms with Gasteiger partial charge in [0.2, 0.25) is 0 Å². The third-order valence-electron chi connectivity index (χ3n) is 0.505. The van der Waals surface area contributed by atoms with Crippen LogP contribution in [0.3, 0.4) is 0 Å². The number of carbonyl (C=O) groups is 2. The van der Waals surface area contributed by atoms with Crippen molar-refractivity contribution in [2.24, 2.45) is 0 Å². The van der Waals surface area contributed by atoms with Crippen LogP contribution in [0.25, 0.3) is 0 Å². The molecular formula is C4H3O4. The van der Waals surface area contributed by atoms with E-state index < -0.39 is 17.5 Å². The van der Waals surface area contributed by atoms with Crippen LogP contribution in [0.15, 0.2) is 12.2 Å². The van der Waals surface area contributed by atoms with Gasteiger partial charge in [-0.25, -0.2) is 14.7 Å². The molecule has 0 rings (SSSR count). The Morgan fingerprint density at radius 2 is 1.75 bits per heavy atom. The van der Waals surface area contributed by atoms with Gasteiger partial charge in [0.1, 0.15) is 5.57 Å². The predicted octanol–water partition coefficient (Wildman–Crippen LogP) is -0.416. The summed E-state index contributed by atoms with van der Waals surface area (Å²) >= 11 is 0. The maximum atomic E-state index is 9.62. The number of carbonyl (C=O) groups excluding carboxylic acids is 1. The zero-order valence-corrected chi connectivity index (χ0v) is 3.88. The Hall–Kier alpha value is -1.32. The maximum Gasteiger partial charge on any atom is 0.393 e. The van der Waals surface area contributed by atoms with E-state index >= 15 is 0 Å². The molecule has 1 N–H and O–H groups in total. The topological polar surface area (TPSA) is 74.3 Å². The molecule has 43 valence electrons. The minimum atomic E-state index is -1.75. The molecule has 0 amide bonds. The van der Waals surface area contributed by atoms with Gasteiger partial charge in [-0.2, -0.15) is 0 Å². The largest absolute Gasteiger partial charge is 0.477 e. The lowest BCUT2D eigenvalue weighted by Gasteiger charge is -1.83. The van der Waals surface area contributed by atoms with Gasteiger partial charge in [-0.15, -0.1) is 0 Å². The first kappa shape index (κ1) is 6.68. The highest BCUT2D eigenvalue weighted by Crippen LogP contribution is 1.87. The van der Waals surface area contributed by atoms with Crippen LogP contribution in [0.1, 0.15) is 0 Å². The van der Waals surface area contributed by atoms with Crippen LogP contribution in [-0.4, -0.2) is 17.0 Å². The Morgan fingerprint density at radius 1 is 1.38 bits per heavy atom. The molecule has 4 nitrogen and oxygen atoms in total. The minimum absolute atomic E-state index is 0.926. The van der Waals surface area contributed by atoms with Gasteiger partial charge < -0.3 is 5.11 Å². The van der Waals surface area contributed by atoms with Crippen molar-refractivity contribution in [3.05, 3.63) is 12.2 Å². The third kappa shape index (κ3) is 1.42. The maximum absolute atomic E-state index is 9.62. The van der Waals surface area contributed by atoms with Gasteiger partial charge in [0, 0.05) is 0 Å². The SMILES string of the molecule is C=C(C([O])=O)C(=O)O. The fraction of sp³-hybridized carbons (Fsp3) is 0. The summed E-state index contributed by atoms with van der Waals surface area (Å²) < 4.78 is 0. The summed E-state index contributed by atoms with van der Waals surface area (Å²) in [5.41, 5.74) is -0.926. The molecule has 4 heteroatoms. The Morgan fingerprint density at radius 3 is 1.75 bits per heavy atom. The van der Waals surface area contributed by atoms with Gasteiger partial charge in [0.05, 0.1) is 0 Å². The molecule has 0 saturated heterocycles. The first-order valence-electron chi connectivity index (χ1n) is 1.69. The van der Waals surface area contributed by atoms with E-state index in [2.05, 4.69) is 6.58 Å². The monoisotopic (exact) mass is 115 g/mol. The molecule has 0 bridgehead atoms. The molecule has 0 fully saturated rings. The van der Waals surface area contributed by atoms with Crippen LogP contribution in [0.2, 0.25) is 0 Å². The van der Waals surface area contributed by atoms with Crippen LogP contribution < -0.4 is 0 Å². The Labute approximate surface area is 45.1 Å². The molecule has 0 heterocycles. The van der Waals surface area contributed by atoms with E-state index in [0.717, 1.165) is 0 Å². The summed E-state index contributed by atoms with van der Waals surface area (Å²) in [6, 6.07) is 0. The average molecular weight is 115 g/mol. The van der Waals surface area contributed by atoms with Crippen molar-refractivity contribution in [1.29, 1.82) is 0 Å². The number of hydrogen-bond acceptors (Lipinski definition) is 2. The minimum Gasteiger partial charge on any atom is -0.477 e. The number of hydrogen-bond donors (Lipinski definition) is 1. The number of carboxylic acids is 1. The molecule has 0 spiro atoms. The second-order valence-corrected chi connectivity index (χ2v) is 1.07. The van der Waals surface area contributed by atoms with Crippen molar-refractivity contribution in [2.75, 3.05) is 0 Å². The Balaban J connectivity index is 4.05. The third-order valence-corrected chi connectivity index (χ3v) is 0.505. The van der Waals surface area contributed by atoms with Gasteiger partial charge >= 0.3 is 11.9 Å². The van der Waals surface area contributed by atoms with Crippen LogP contribution in [0, 0.1) is 0 Å². The molecule has 0 aliphatic carbocycles. The van der Waals surface area contributed by atoms with Gasteiger partial charge in [-0.3, -0.25) is 0 Å². The summed E-state index contributed by atoms with van der Waals surface area (Å²) in [5, 5.41) is 17.4. The smallest absolute Gasteiger partial charge is 0.393 e. The lowest BCUT2D eigenvalue weighted by Crippen LogP contribution is -2.07. The molecule has 0 aromatic heterocycles. The zero-order chi connectivity index (χ0) is 6.73. The van der Waals surface area contributed by atoms with Crippen molar-refractivity contribution in [2.45, 2.75) is 0 Å². The van der Waals surface area contributed by atoms with Crippen LogP contribution in [-0.2, 0) is 14.7 Å². The van der Waals surface area contributed by atoms with Crippen LogP contribution >= 0.6 is 0 Å². The fourth-order valence-electron chi connectivity index (χ4n) is 0.0873. The zero-order valence-electron chi connectivity index (χ0n) is 3.88. The average Bonchev–Trinajstić information content (AvgIpc) is 1.64. The van der Waals surface area contributed by atoms with E-state index in [4.69, 9.17) is 5.11 Å². The highest BCUT2D eigenvalue weighted by atomic mass is 16.4. The van der Waals surface area contributed by atoms with Crippen molar-refractivity contribution in [3.63, 3.8) is 0 Å². The van der Waals surface area contributed by atoms with E-state index in [1.165, 1.54) is 0 Å². The van der Waals surface area contributed by atoms with Crippen LogP contribution in [0.4, 0.5) is 0 Å². The summed E-state index contributed by atoms with van der Waals surface area (Å²) in [6.07, 6.45) is 0. The second kappa shape index (κ2) is 2.11. The van der Waals surface area contributed by atoms with Gasteiger partial charge in [-0.1, -0.05) is 6.58 Å². The van der Waals surface area contributed by atoms with Crippen molar-refractivity contribution in [3.8, 4) is 0 Å². The molecule has 8 heavy (non-hydrogen) atoms. The summed E-state index contributed by atoms with van der Waals surface area (Å²) in [4.78, 5) is 19.2. The van der Waals surface area contributed by atoms with Gasteiger partial charge in [-0.05, 0) is 0 Å². The lowest BCUT2D eigenvalue weighted by molar-refractivity contribution is -0.143. The number of rotatable bonds is 2. The van der Waals surface area contributed by atoms with E-state index in [0.29, 0.717) is 0 Å². The Kier molecular flexibility index (Phi) is 1.76. The fourth-order valence-corrected chi connectivity index (χ4v) is 0.0873. The summed E-state index contributed by atoms with van der Waals surface area (Å²) in [5.74, 6) is -3.32. The first-order valence-corrected chi connectivity index (χ1v) is 1.69. The molecule has 0 unspecified atom stereocenters. The highest BCUT2D eigenvalue weighted by molar-refractivity contribution is 6.11. The molecule has 0 atom stereocenters. The van der Waals surface area contributed by atoms with E-state index in [-0.39, 0.29) is 0 Å². The first-order chi connectivity index (χ1) is 3.55. The molecule has 0 aromatic carbocycles. The normalized spacial score (nSPS) is 8.00.